The summed E-state index contributed by atoms with van der Waals surface area (Å²) in [4.78, 5) is 23.5. The van der Waals surface area contributed by atoms with E-state index in [0.29, 0.717) is 12.2 Å². The van der Waals surface area contributed by atoms with E-state index in [-0.39, 0.29) is 19.1 Å². The number of nitrogens with one attached hydrogen (secondary N) is 1. The highest BCUT2D eigenvalue weighted by Crippen LogP contribution is 2.25. The third-order valence-corrected chi connectivity index (χ3v) is 3.67. The molecule has 1 fully saturated rings. The van der Waals surface area contributed by atoms with Crippen molar-refractivity contribution in [2.75, 3.05) is 26.4 Å². The molecule has 2 atom stereocenters. The van der Waals surface area contributed by atoms with Crippen LogP contribution in [-0.2, 0) is 14.3 Å². The molecule has 0 bridgehead atoms. The number of carbonyl (C=O) groups excluding carboxylic acids is 1. The van der Waals surface area contributed by atoms with Crippen LogP contribution in [0.25, 0.3) is 0 Å². The molecule has 0 aromatic heterocycles. The van der Waals surface area contributed by atoms with Gasteiger partial charge in [-0.3, -0.25) is 4.79 Å². The van der Waals surface area contributed by atoms with Crippen LogP contribution in [0.3, 0.4) is 0 Å². The highest BCUT2D eigenvalue weighted by molar-refractivity contribution is 5.96. The van der Waals surface area contributed by atoms with Crippen molar-refractivity contribution in [2.24, 2.45) is 0 Å². The van der Waals surface area contributed by atoms with Crippen LogP contribution in [0.15, 0.2) is 36.9 Å². The number of carboxylic acids is 1. The molecule has 1 aromatic rings. The van der Waals surface area contributed by atoms with E-state index in [0.717, 1.165) is 18.6 Å². The summed E-state index contributed by atoms with van der Waals surface area (Å²) in [5.74, 6) is -1.28. The van der Waals surface area contributed by atoms with Gasteiger partial charge in [-0.25, -0.2) is 4.79 Å². The molecule has 0 saturated carbocycles. The van der Waals surface area contributed by atoms with Crippen LogP contribution in [0.2, 0.25) is 0 Å². The van der Waals surface area contributed by atoms with Gasteiger partial charge in [-0.05, 0) is 24.1 Å². The first-order chi connectivity index (χ1) is 11.1. The number of benzene rings is 1. The van der Waals surface area contributed by atoms with E-state index in [1.807, 2.05) is 6.07 Å². The second-order valence-electron chi connectivity index (χ2n) is 5.38. The summed E-state index contributed by atoms with van der Waals surface area (Å²) >= 11 is 0. The third-order valence-electron chi connectivity index (χ3n) is 3.67. The van der Waals surface area contributed by atoms with Gasteiger partial charge in [0.2, 0.25) is 0 Å². The summed E-state index contributed by atoms with van der Waals surface area (Å²) in [5, 5.41) is 11.6. The van der Waals surface area contributed by atoms with Crippen molar-refractivity contribution >= 4 is 11.9 Å². The van der Waals surface area contributed by atoms with Crippen LogP contribution in [0.4, 0.5) is 0 Å². The number of rotatable bonds is 8. The topological polar surface area (TPSA) is 84.9 Å². The molecule has 0 radical (unpaired) electrons. The molecule has 124 valence electrons. The number of hydrogen-bond donors (Lipinski definition) is 2. The van der Waals surface area contributed by atoms with Gasteiger partial charge in [0, 0.05) is 18.1 Å². The molecule has 1 amide bonds. The number of carboxylic acid groups (broad SMARTS) is 1. The standard InChI is InChI=1S/C17H21NO5/c1-2-7-22-11-15(17(20)21)18-16(19)13-5-3-4-12(9-13)14-6-8-23-10-14/h2-5,9,14-15H,1,6-8,10-11H2,(H,18,19)(H,20,21). The zero-order chi connectivity index (χ0) is 16.7. The Morgan fingerprint density at radius 1 is 1.52 bits per heavy atom. The van der Waals surface area contributed by atoms with Gasteiger partial charge in [0.25, 0.3) is 5.91 Å². The summed E-state index contributed by atoms with van der Waals surface area (Å²) in [6.45, 7) is 4.99. The van der Waals surface area contributed by atoms with Crippen molar-refractivity contribution in [3.05, 3.63) is 48.0 Å². The number of hydrogen-bond acceptors (Lipinski definition) is 4. The summed E-state index contributed by atoms with van der Waals surface area (Å²) in [6.07, 6.45) is 2.45. The Bertz CT molecular complexity index is 566. The summed E-state index contributed by atoms with van der Waals surface area (Å²) < 4.78 is 10.5. The van der Waals surface area contributed by atoms with E-state index < -0.39 is 17.9 Å². The average Bonchev–Trinajstić information content (AvgIpc) is 3.08. The summed E-state index contributed by atoms with van der Waals surface area (Å²) in [7, 11) is 0. The Hall–Kier alpha value is -2.18. The molecule has 6 nitrogen and oxygen atoms in total. The van der Waals surface area contributed by atoms with Crippen LogP contribution >= 0.6 is 0 Å². The molecule has 1 heterocycles. The Kier molecular flexibility index (Phi) is 6.31. The summed E-state index contributed by atoms with van der Waals surface area (Å²) in [6, 6.07) is 6.11. The first kappa shape index (κ1) is 17.2. The quantitative estimate of drug-likeness (QED) is 0.561. The van der Waals surface area contributed by atoms with Gasteiger partial charge in [-0.15, -0.1) is 6.58 Å². The number of ether oxygens (including phenoxy) is 2. The van der Waals surface area contributed by atoms with Crippen molar-refractivity contribution < 1.29 is 24.2 Å². The minimum absolute atomic E-state index is 0.108. The van der Waals surface area contributed by atoms with Crippen molar-refractivity contribution in [3.8, 4) is 0 Å². The van der Waals surface area contributed by atoms with Crippen LogP contribution in [-0.4, -0.2) is 49.5 Å². The molecule has 0 aliphatic carbocycles. The third kappa shape index (κ3) is 4.91. The van der Waals surface area contributed by atoms with E-state index in [9.17, 15) is 9.59 Å². The highest BCUT2D eigenvalue weighted by atomic mass is 16.5. The fourth-order valence-electron chi connectivity index (χ4n) is 2.42. The molecule has 1 aliphatic heterocycles. The molecule has 1 saturated heterocycles. The molecule has 23 heavy (non-hydrogen) atoms. The van der Waals surface area contributed by atoms with Crippen molar-refractivity contribution in [1.29, 1.82) is 0 Å². The molecule has 0 spiro atoms. The second-order valence-corrected chi connectivity index (χ2v) is 5.38. The van der Waals surface area contributed by atoms with Gasteiger partial charge in [0.15, 0.2) is 6.04 Å². The minimum Gasteiger partial charge on any atom is -0.480 e. The van der Waals surface area contributed by atoms with Crippen LogP contribution < -0.4 is 5.32 Å². The maximum atomic E-state index is 12.3. The van der Waals surface area contributed by atoms with E-state index in [1.54, 1.807) is 18.2 Å². The maximum absolute atomic E-state index is 12.3. The van der Waals surface area contributed by atoms with Crippen LogP contribution in [0.5, 0.6) is 0 Å². The molecule has 1 aliphatic rings. The molecule has 1 aromatic carbocycles. The molecular weight excluding hydrogens is 298 g/mol. The minimum atomic E-state index is -1.14. The van der Waals surface area contributed by atoms with E-state index >= 15 is 0 Å². The highest BCUT2D eigenvalue weighted by Gasteiger charge is 2.22. The van der Waals surface area contributed by atoms with Gasteiger partial charge >= 0.3 is 5.97 Å². The van der Waals surface area contributed by atoms with Crippen LogP contribution in [0, 0.1) is 0 Å². The first-order valence-corrected chi connectivity index (χ1v) is 7.52. The average molecular weight is 319 g/mol. The predicted octanol–water partition coefficient (Wildman–Crippen LogP) is 1.58. The molecular formula is C17H21NO5. The van der Waals surface area contributed by atoms with Crippen molar-refractivity contribution in [1.82, 2.24) is 5.32 Å². The van der Waals surface area contributed by atoms with Crippen molar-refractivity contribution in [2.45, 2.75) is 18.4 Å². The van der Waals surface area contributed by atoms with Gasteiger partial charge in [-0.2, -0.15) is 0 Å². The number of carbonyl (C=O) groups is 2. The Labute approximate surface area is 135 Å². The van der Waals surface area contributed by atoms with E-state index in [4.69, 9.17) is 14.6 Å². The fraction of sp³-hybridized carbons (Fsp3) is 0.412. The zero-order valence-electron chi connectivity index (χ0n) is 12.9. The molecule has 2 N–H and O–H groups in total. The summed E-state index contributed by atoms with van der Waals surface area (Å²) in [5.41, 5.74) is 1.47. The number of amides is 1. The maximum Gasteiger partial charge on any atom is 0.328 e. The lowest BCUT2D eigenvalue weighted by atomic mass is 9.96. The molecule has 2 unspecified atom stereocenters. The SMILES string of the molecule is C=CCOCC(NC(=O)c1cccc(C2CCOC2)c1)C(=O)O. The zero-order valence-corrected chi connectivity index (χ0v) is 12.9. The van der Waals surface area contributed by atoms with E-state index in [1.165, 1.54) is 6.08 Å². The lowest BCUT2D eigenvalue weighted by Gasteiger charge is -2.15. The first-order valence-electron chi connectivity index (χ1n) is 7.52. The monoisotopic (exact) mass is 319 g/mol. The Balaban J connectivity index is 2.01. The second kappa shape index (κ2) is 8.45. The van der Waals surface area contributed by atoms with Gasteiger partial charge in [0.05, 0.1) is 19.8 Å². The van der Waals surface area contributed by atoms with Gasteiger partial charge in [0.1, 0.15) is 0 Å². The van der Waals surface area contributed by atoms with Gasteiger partial charge < -0.3 is 19.9 Å². The van der Waals surface area contributed by atoms with E-state index in [2.05, 4.69) is 11.9 Å². The van der Waals surface area contributed by atoms with Crippen LogP contribution in [0.1, 0.15) is 28.3 Å². The largest absolute Gasteiger partial charge is 0.480 e. The molecule has 6 heteroatoms. The number of aliphatic carboxylic acids is 1. The smallest absolute Gasteiger partial charge is 0.328 e. The van der Waals surface area contributed by atoms with Gasteiger partial charge in [-0.1, -0.05) is 18.2 Å². The molecule has 2 rings (SSSR count). The van der Waals surface area contributed by atoms with Crippen molar-refractivity contribution in [3.63, 3.8) is 0 Å². The lowest BCUT2D eigenvalue weighted by molar-refractivity contribution is -0.140. The Morgan fingerprint density at radius 2 is 2.35 bits per heavy atom. The predicted molar refractivity (Wildman–Crippen MR) is 84.5 cm³/mol. The normalized spacial score (nSPS) is 18.3. The Morgan fingerprint density at radius 3 is 3.00 bits per heavy atom. The lowest BCUT2D eigenvalue weighted by Crippen LogP contribution is -2.44. The fourth-order valence-corrected chi connectivity index (χ4v) is 2.42.